The van der Waals surface area contributed by atoms with E-state index >= 15 is 0 Å². The molecule has 3 rings (SSSR count). The second-order valence-corrected chi connectivity index (χ2v) is 4.93. The van der Waals surface area contributed by atoms with Gasteiger partial charge in [-0.3, -0.25) is 4.98 Å². The topological polar surface area (TPSA) is 45.2 Å². The molecule has 0 amide bonds. The highest BCUT2D eigenvalue weighted by molar-refractivity contribution is 5.78. The van der Waals surface area contributed by atoms with E-state index in [0.717, 1.165) is 29.6 Å². The molecule has 1 fully saturated rings. The lowest BCUT2D eigenvalue weighted by Gasteiger charge is -2.27. The fourth-order valence-electron chi connectivity index (χ4n) is 2.60. The number of hydrogen-bond acceptors (Lipinski definition) is 3. The van der Waals surface area contributed by atoms with Gasteiger partial charge in [0.25, 0.3) is 0 Å². The number of piperidine rings is 1. The van der Waals surface area contributed by atoms with Crippen molar-refractivity contribution in [2.24, 2.45) is 0 Å². The highest BCUT2D eigenvalue weighted by atomic mass is 16.3. The number of nitrogens with one attached hydrogen (secondary N) is 1. The number of para-hydroxylation sites is 1. The van der Waals surface area contributed by atoms with E-state index in [-0.39, 0.29) is 6.04 Å². The van der Waals surface area contributed by atoms with Gasteiger partial charge in [-0.2, -0.15) is 0 Å². The van der Waals surface area contributed by atoms with E-state index in [1.165, 1.54) is 12.8 Å². The van der Waals surface area contributed by atoms with Crippen molar-refractivity contribution in [1.82, 2.24) is 10.3 Å². The van der Waals surface area contributed by atoms with Gasteiger partial charge in [-0.05, 0) is 31.5 Å². The van der Waals surface area contributed by atoms with Gasteiger partial charge in [0.05, 0.1) is 11.2 Å². The van der Waals surface area contributed by atoms with E-state index in [2.05, 4.69) is 10.3 Å². The van der Waals surface area contributed by atoms with Crippen LogP contribution in [-0.2, 0) is 0 Å². The average molecular weight is 242 g/mol. The molecule has 0 aliphatic carbocycles. The predicted octanol–water partition coefficient (Wildman–Crippen LogP) is 2.41. The normalized spacial score (nSPS) is 21.9. The Kier molecular flexibility index (Phi) is 3.26. The van der Waals surface area contributed by atoms with Crippen LogP contribution < -0.4 is 5.32 Å². The Morgan fingerprint density at radius 1 is 1.17 bits per heavy atom. The van der Waals surface area contributed by atoms with Gasteiger partial charge in [0.15, 0.2) is 0 Å². The molecule has 0 bridgehead atoms. The zero-order chi connectivity index (χ0) is 12.4. The molecule has 3 nitrogen and oxygen atoms in total. The van der Waals surface area contributed by atoms with Crippen molar-refractivity contribution in [2.45, 2.75) is 31.4 Å². The summed E-state index contributed by atoms with van der Waals surface area (Å²) < 4.78 is 0. The number of benzene rings is 1. The van der Waals surface area contributed by atoms with Crippen molar-refractivity contribution < 1.29 is 5.11 Å². The molecular formula is C15H18N2O. The van der Waals surface area contributed by atoms with Crippen LogP contribution in [0.2, 0.25) is 0 Å². The molecule has 2 heterocycles. The zero-order valence-electron chi connectivity index (χ0n) is 10.3. The third-order valence-electron chi connectivity index (χ3n) is 3.65. The molecule has 1 aliphatic heterocycles. The second-order valence-electron chi connectivity index (χ2n) is 4.93. The highest BCUT2D eigenvalue weighted by Crippen LogP contribution is 2.23. The van der Waals surface area contributed by atoms with Gasteiger partial charge >= 0.3 is 0 Å². The quantitative estimate of drug-likeness (QED) is 0.850. The lowest BCUT2D eigenvalue weighted by molar-refractivity contribution is 0.110. The summed E-state index contributed by atoms with van der Waals surface area (Å²) in [5.74, 6) is 0. The smallest absolute Gasteiger partial charge is 0.111 e. The molecule has 94 valence electrons. The van der Waals surface area contributed by atoms with Crippen molar-refractivity contribution >= 4 is 10.9 Å². The number of fused-ring (bicyclic) bond motifs is 1. The minimum absolute atomic E-state index is 0.146. The summed E-state index contributed by atoms with van der Waals surface area (Å²) in [5, 5.41) is 14.9. The molecule has 0 radical (unpaired) electrons. The molecule has 18 heavy (non-hydrogen) atoms. The first-order valence-electron chi connectivity index (χ1n) is 6.62. The van der Waals surface area contributed by atoms with Gasteiger partial charge in [-0.1, -0.05) is 30.7 Å². The number of pyridine rings is 1. The van der Waals surface area contributed by atoms with Crippen LogP contribution in [0.1, 0.15) is 31.1 Å². The van der Waals surface area contributed by atoms with Crippen molar-refractivity contribution in [2.75, 3.05) is 6.54 Å². The standard InChI is InChI=1S/C15H18N2O/c18-15(13-7-3-4-10-16-13)14-9-8-11-5-1-2-6-12(11)17-14/h1-2,5-6,8-9,13,15-16,18H,3-4,7,10H2/t13-,15-/m0/s1. The van der Waals surface area contributed by atoms with E-state index in [9.17, 15) is 5.11 Å². The van der Waals surface area contributed by atoms with Gasteiger partial charge in [0.1, 0.15) is 6.10 Å². The van der Waals surface area contributed by atoms with Crippen LogP contribution >= 0.6 is 0 Å². The maximum Gasteiger partial charge on any atom is 0.111 e. The van der Waals surface area contributed by atoms with Crippen LogP contribution in [0.3, 0.4) is 0 Å². The van der Waals surface area contributed by atoms with Crippen LogP contribution in [0.15, 0.2) is 36.4 Å². The number of nitrogens with zero attached hydrogens (tertiary/aromatic N) is 1. The van der Waals surface area contributed by atoms with E-state index in [1.54, 1.807) is 0 Å². The Hall–Kier alpha value is -1.45. The van der Waals surface area contributed by atoms with E-state index < -0.39 is 6.10 Å². The van der Waals surface area contributed by atoms with Gasteiger partial charge in [-0.15, -0.1) is 0 Å². The van der Waals surface area contributed by atoms with Crippen LogP contribution in [-0.4, -0.2) is 22.7 Å². The van der Waals surface area contributed by atoms with Crippen molar-refractivity contribution in [3.8, 4) is 0 Å². The average Bonchev–Trinajstić information content (AvgIpc) is 2.47. The number of aliphatic hydroxyl groups excluding tert-OH is 1. The third kappa shape index (κ3) is 2.24. The molecule has 1 aromatic heterocycles. The summed E-state index contributed by atoms with van der Waals surface area (Å²) in [6.07, 6.45) is 2.90. The summed E-state index contributed by atoms with van der Waals surface area (Å²) in [4.78, 5) is 4.56. The van der Waals surface area contributed by atoms with Crippen LogP contribution in [0.4, 0.5) is 0 Å². The van der Waals surface area contributed by atoms with E-state index in [0.29, 0.717) is 0 Å². The molecule has 2 N–H and O–H groups in total. The predicted molar refractivity (Wildman–Crippen MR) is 72.3 cm³/mol. The number of aliphatic hydroxyl groups is 1. The first-order valence-corrected chi connectivity index (χ1v) is 6.62. The molecule has 1 aromatic carbocycles. The van der Waals surface area contributed by atoms with Crippen LogP contribution in [0, 0.1) is 0 Å². The van der Waals surface area contributed by atoms with Crippen LogP contribution in [0.5, 0.6) is 0 Å². The zero-order valence-corrected chi connectivity index (χ0v) is 10.3. The van der Waals surface area contributed by atoms with E-state index in [4.69, 9.17) is 0 Å². The summed E-state index contributed by atoms with van der Waals surface area (Å²) in [5.41, 5.74) is 1.72. The lowest BCUT2D eigenvalue weighted by atomic mass is 9.97. The minimum atomic E-state index is -0.505. The Morgan fingerprint density at radius 2 is 2.06 bits per heavy atom. The van der Waals surface area contributed by atoms with Gasteiger partial charge < -0.3 is 10.4 Å². The molecule has 2 atom stereocenters. The van der Waals surface area contributed by atoms with E-state index in [1.807, 2.05) is 36.4 Å². The molecule has 1 aliphatic rings. The van der Waals surface area contributed by atoms with Gasteiger partial charge in [0, 0.05) is 11.4 Å². The molecule has 0 saturated carbocycles. The Morgan fingerprint density at radius 3 is 2.89 bits per heavy atom. The molecule has 2 aromatic rings. The minimum Gasteiger partial charge on any atom is -0.385 e. The van der Waals surface area contributed by atoms with Crippen molar-refractivity contribution in [1.29, 1.82) is 0 Å². The highest BCUT2D eigenvalue weighted by Gasteiger charge is 2.23. The molecule has 0 unspecified atom stereocenters. The second kappa shape index (κ2) is 5.04. The summed E-state index contributed by atoms with van der Waals surface area (Å²) in [6, 6.07) is 12.1. The first kappa shape index (κ1) is 11.6. The summed E-state index contributed by atoms with van der Waals surface area (Å²) in [6.45, 7) is 0.995. The van der Waals surface area contributed by atoms with Gasteiger partial charge in [0.2, 0.25) is 0 Å². The maximum atomic E-state index is 10.4. The molecule has 0 spiro atoms. The first-order chi connectivity index (χ1) is 8.84. The third-order valence-corrected chi connectivity index (χ3v) is 3.65. The lowest BCUT2D eigenvalue weighted by Crippen LogP contribution is -2.39. The SMILES string of the molecule is O[C@H](c1ccc2ccccc2n1)[C@@H]1CCCCN1. The van der Waals surface area contributed by atoms with Gasteiger partial charge in [-0.25, -0.2) is 0 Å². The Bertz CT molecular complexity index is 535. The molecular weight excluding hydrogens is 224 g/mol. The fourth-order valence-corrected chi connectivity index (χ4v) is 2.60. The maximum absolute atomic E-state index is 10.4. The largest absolute Gasteiger partial charge is 0.385 e. The van der Waals surface area contributed by atoms with Crippen molar-refractivity contribution in [3.63, 3.8) is 0 Å². The molecule has 1 saturated heterocycles. The Balaban J connectivity index is 1.88. The Labute approximate surface area is 107 Å². The summed E-state index contributed by atoms with van der Waals surface area (Å²) >= 11 is 0. The van der Waals surface area contributed by atoms with Crippen LogP contribution in [0.25, 0.3) is 10.9 Å². The fraction of sp³-hybridized carbons (Fsp3) is 0.400. The number of aromatic nitrogens is 1. The number of rotatable bonds is 2. The summed E-state index contributed by atoms with van der Waals surface area (Å²) in [7, 11) is 0. The monoisotopic (exact) mass is 242 g/mol. The molecule has 3 heteroatoms. The number of hydrogen-bond donors (Lipinski definition) is 2. The van der Waals surface area contributed by atoms with Crippen molar-refractivity contribution in [3.05, 3.63) is 42.1 Å².